The predicted octanol–water partition coefficient (Wildman–Crippen LogP) is 6.57. The number of piperidine rings is 1. The van der Waals surface area contributed by atoms with Gasteiger partial charge in [-0.05, 0) is 45.4 Å². The maximum Gasteiger partial charge on any atom is 0.435 e. The summed E-state index contributed by atoms with van der Waals surface area (Å²) in [6, 6.07) is 2.78. The molecule has 8 nitrogen and oxygen atoms in total. The zero-order chi connectivity index (χ0) is 32.0. The van der Waals surface area contributed by atoms with Crippen LogP contribution in [0.25, 0.3) is 11.0 Å². The molecule has 43 heavy (non-hydrogen) atoms. The largest absolute Gasteiger partial charge is 0.492 e. The van der Waals surface area contributed by atoms with Crippen molar-refractivity contribution < 1.29 is 40.9 Å². The fourth-order valence-electron chi connectivity index (χ4n) is 5.42. The molecule has 0 unspecified atom stereocenters. The van der Waals surface area contributed by atoms with Crippen LogP contribution in [-0.2, 0) is 29.4 Å². The number of aliphatic hydroxyl groups is 1. The number of ether oxygens (including phenoxy) is 2. The molecule has 0 spiro atoms. The maximum absolute atomic E-state index is 14.0. The summed E-state index contributed by atoms with van der Waals surface area (Å²) < 4.78 is 96.9. The van der Waals surface area contributed by atoms with Crippen molar-refractivity contribution in [3.8, 4) is 5.75 Å². The molecule has 2 N–H and O–H groups in total. The van der Waals surface area contributed by atoms with Crippen LogP contribution in [0, 0.1) is 0 Å². The van der Waals surface area contributed by atoms with E-state index in [0.717, 1.165) is 22.9 Å². The molecule has 1 fully saturated rings. The zero-order valence-corrected chi connectivity index (χ0v) is 26.1. The molecule has 2 aromatic heterocycles. The monoisotopic (exact) mass is 635 g/mol. The minimum absolute atomic E-state index is 0.0359. The lowest BCUT2D eigenvalue weighted by atomic mass is 9.81. The molecule has 3 heterocycles. The number of imidazole rings is 1. The van der Waals surface area contributed by atoms with E-state index in [4.69, 9.17) is 9.47 Å². The second kappa shape index (κ2) is 12.0. The standard InChI is InChI=1S/C28H39F6N5O3Si/c1-17(2)38-15-35-22-10-20(9-21(25(22)38)27(29,30)31)42-14-19-13-26(40,12-18(3)36-19)24-11-23(28(32,33)34)37-39(24)16-41-7-8-43(4,5)6/h9-11,15,17-19,36,40H,7-8,12-14,16H2,1-6H3/t18-,19-,26-/m0/s1. The van der Waals surface area contributed by atoms with Gasteiger partial charge in [0.15, 0.2) is 5.69 Å². The van der Waals surface area contributed by atoms with E-state index >= 15 is 0 Å². The molecular formula is C28H39F6N5O3Si. The highest BCUT2D eigenvalue weighted by Crippen LogP contribution is 2.40. The summed E-state index contributed by atoms with van der Waals surface area (Å²) in [5, 5.41) is 18.7. The third-order valence-electron chi connectivity index (χ3n) is 7.46. The quantitative estimate of drug-likeness (QED) is 0.149. The van der Waals surface area contributed by atoms with Crippen molar-refractivity contribution in [1.29, 1.82) is 0 Å². The summed E-state index contributed by atoms with van der Waals surface area (Å²) >= 11 is 0. The van der Waals surface area contributed by atoms with E-state index < -0.39 is 43.3 Å². The highest BCUT2D eigenvalue weighted by molar-refractivity contribution is 6.76. The Kier molecular flexibility index (Phi) is 9.32. The van der Waals surface area contributed by atoms with E-state index in [-0.39, 0.29) is 60.7 Å². The molecule has 0 aliphatic carbocycles. The van der Waals surface area contributed by atoms with Crippen LogP contribution in [0.1, 0.15) is 56.6 Å². The average molecular weight is 636 g/mol. The lowest BCUT2D eigenvalue weighted by Gasteiger charge is -2.41. The summed E-state index contributed by atoms with van der Waals surface area (Å²) in [4.78, 5) is 4.14. The van der Waals surface area contributed by atoms with Crippen LogP contribution in [0.5, 0.6) is 5.75 Å². The molecule has 15 heteroatoms. The minimum Gasteiger partial charge on any atom is -0.492 e. The van der Waals surface area contributed by atoms with Crippen molar-refractivity contribution >= 4 is 19.1 Å². The third-order valence-corrected chi connectivity index (χ3v) is 9.17. The van der Waals surface area contributed by atoms with E-state index in [9.17, 15) is 31.4 Å². The van der Waals surface area contributed by atoms with E-state index in [1.807, 2.05) is 0 Å². The summed E-state index contributed by atoms with van der Waals surface area (Å²) in [5.41, 5.74) is -3.71. The van der Waals surface area contributed by atoms with Crippen LogP contribution in [0.2, 0.25) is 25.7 Å². The van der Waals surface area contributed by atoms with Crippen molar-refractivity contribution in [3.63, 3.8) is 0 Å². The Morgan fingerprint density at radius 1 is 1.09 bits per heavy atom. The number of fused-ring (bicyclic) bond motifs is 1. The van der Waals surface area contributed by atoms with Crippen LogP contribution in [0.4, 0.5) is 26.3 Å². The first-order valence-corrected chi connectivity index (χ1v) is 17.9. The van der Waals surface area contributed by atoms with Crippen LogP contribution < -0.4 is 10.1 Å². The Labute approximate surface area is 247 Å². The number of hydrogen-bond donors (Lipinski definition) is 2. The molecule has 240 valence electrons. The number of aromatic nitrogens is 4. The fourth-order valence-corrected chi connectivity index (χ4v) is 6.18. The maximum atomic E-state index is 14.0. The Bertz CT molecular complexity index is 1410. The number of halogens is 6. The highest BCUT2D eigenvalue weighted by Gasteiger charge is 2.44. The molecule has 1 saturated heterocycles. The van der Waals surface area contributed by atoms with Crippen molar-refractivity contribution in [1.82, 2.24) is 24.6 Å². The average Bonchev–Trinajstić information content (AvgIpc) is 3.48. The Morgan fingerprint density at radius 3 is 2.40 bits per heavy atom. The van der Waals surface area contributed by atoms with E-state index in [2.05, 4.69) is 35.0 Å². The first-order valence-electron chi connectivity index (χ1n) is 14.2. The van der Waals surface area contributed by atoms with Gasteiger partial charge in [-0.1, -0.05) is 19.6 Å². The van der Waals surface area contributed by atoms with Gasteiger partial charge < -0.3 is 24.5 Å². The van der Waals surface area contributed by atoms with Gasteiger partial charge in [-0.15, -0.1) is 0 Å². The van der Waals surface area contributed by atoms with Gasteiger partial charge in [-0.2, -0.15) is 31.4 Å². The minimum atomic E-state index is -4.73. The number of hydrogen-bond acceptors (Lipinski definition) is 6. The number of benzene rings is 1. The first kappa shape index (κ1) is 33.3. The van der Waals surface area contributed by atoms with Gasteiger partial charge >= 0.3 is 12.4 Å². The zero-order valence-electron chi connectivity index (χ0n) is 25.1. The van der Waals surface area contributed by atoms with Gasteiger partial charge in [-0.25, -0.2) is 9.67 Å². The van der Waals surface area contributed by atoms with Gasteiger partial charge in [0.05, 0.1) is 28.6 Å². The van der Waals surface area contributed by atoms with Gasteiger partial charge in [0.2, 0.25) is 0 Å². The number of alkyl halides is 6. The van der Waals surface area contributed by atoms with E-state index in [1.54, 1.807) is 20.8 Å². The SMILES string of the molecule is CC(C)n1cnc2cc(OC[C@@H]3C[C@](O)(c4cc(C(F)(F)F)nn4COCC[Si](C)(C)C)C[C@H](C)N3)cc(C(F)(F)F)c21. The number of rotatable bonds is 10. The van der Waals surface area contributed by atoms with Crippen molar-refractivity contribution in [3.05, 3.63) is 41.5 Å². The third kappa shape index (κ3) is 7.91. The fraction of sp³-hybridized carbons (Fsp3) is 0.643. The van der Waals surface area contributed by atoms with E-state index in [0.29, 0.717) is 6.61 Å². The summed E-state index contributed by atoms with van der Waals surface area (Å²) in [6.07, 6.45) is -8.02. The predicted molar refractivity (Wildman–Crippen MR) is 151 cm³/mol. The number of nitrogens with zero attached hydrogens (tertiary/aromatic N) is 4. The second-order valence-electron chi connectivity index (χ2n) is 12.9. The molecule has 3 atom stereocenters. The molecule has 0 bridgehead atoms. The first-order chi connectivity index (χ1) is 19.8. The van der Waals surface area contributed by atoms with Crippen molar-refractivity contribution in [2.24, 2.45) is 0 Å². The van der Waals surface area contributed by atoms with Gasteiger partial charge in [0, 0.05) is 45.3 Å². The lowest BCUT2D eigenvalue weighted by molar-refractivity contribution is -0.141. The Balaban J connectivity index is 1.57. The summed E-state index contributed by atoms with van der Waals surface area (Å²) in [5.74, 6) is -0.0578. The molecule has 1 aliphatic heterocycles. The molecule has 0 amide bonds. The van der Waals surface area contributed by atoms with Gasteiger partial charge in [-0.3, -0.25) is 0 Å². The number of nitrogens with one attached hydrogen (secondary N) is 1. The highest BCUT2D eigenvalue weighted by atomic mass is 28.3. The molecule has 0 radical (unpaired) electrons. The molecule has 1 aliphatic rings. The molecule has 4 rings (SSSR count). The molecular weight excluding hydrogens is 596 g/mol. The smallest absolute Gasteiger partial charge is 0.435 e. The molecule has 1 aromatic carbocycles. The summed E-state index contributed by atoms with van der Waals surface area (Å²) in [6.45, 7) is 11.7. The normalized spacial score (nSPS) is 22.1. The lowest BCUT2D eigenvalue weighted by Crippen LogP contribution is -2.53. The van der Waals surface area contributed by atoms with Crippen LogP contribution in [-0.4, -0.2) is 57.8 Å². The Hall–Kier alpha value is -2.62. The molecule has 0 saturated carbocycles. The van der Waals surface area contributed by atoms with Crippen LogP contribution in [0.3, 0.4) is 0 Å². The van der Waals surface area contributed by atoms with Gasteiger partial charge in [0.25, 0.3) is 0 Å². The Morgan fingerprint density at radius 2 is 1.79 bits per heavy atom. The van der Waals surface area contributed by atoms with Crippen LogP contribution >= 0.6 is 0 Å². The second-order valence-corrected chi connectivity index (χ2v) is 18.5. The van der Waals surface area contributed by atoms with Crippen LogP contribution in [0.15, 0.2) is 24.5 Å². The summed E-state index contributed by atoms with van der Waals surface area (Å²) in [7, 11) is -1.44. The van der Waals surface area contributed by atoms with Gasteiger partial charge in [0.1, 0.15) is 24.7 Å². The van der Waals surface area contributed by atoms with E-state index in [1.165, 1.54) is 17.0 Å². The molecule has 3 aromatic rings. The topological polar surface area (TPSA) is 86.4 Å². The van der Waals surface area contributed by atoms with Crippen molar-refractivity contribution in [2.75, 3.05) is 13.2 Å². The van der Waals surface area contributed by atoms with Crippen molar-refractivity contribution in [2.45, 2.75) is 102 Å².